The molecule has 1 unspecified atom stereocenters. The minimum Gasteiger partial charge on any atom is -0.337 e. The van der Waals surface area contributed by atoms with Gasteiger partial charge < -0.3 is 9.88 Å². The van der Waals surface area contributed by atoms with E-state index in [9.17, 15) is 4.39 Å². The van der Waals surface area contributed by atoms with Crippen molar-refractivity contribution in [1.29, 1.82) is 0 Å². The number of aryl methyl sites for hydroxylation is 1. The normalized spacial score (nSPS) is 12.6. The Kier molecular flexibility index (Phi) is 5.15. The molecule has 1 atom stereocenters. The predicted molar refractivity (Wildman–Crippen MR) is 79.4 cm³/mol. The fraction of sp³-hybridized carbons (Fsp3) is 0.400. The topological polar surface area (TPSA) is 29.9 Å². The van der Waals surface area contributed by atoms with Gasteiger partial charge in [0.15, 0.2) is 0 Å². The minimum atomic E-state index is -0.311. The van der Waals surface area contributed by atoms with Crippen molar-refractivity contribution in [1.82, 2.24) is 14.9 Å². The largest absolute Gasteiger partial charge is 0.337 e. The number of hydrogen-bond acceptors (Lipinski definition) is 2. The number of rotatable bonds is 6. The Morgan fingerprint density at radius 2 is 2.25 bits per heavy atom. The summed E-state index contributed by atoms with van der Waals surface area (Å²) >= 11 is 6.11. The maximum absolute atomic E-state index is 13.1. The summed E-state index contributed by atoms with van der Waals surface area (Å²) in [6.07, 6.45) is 5.42. The molecule has 3 nitrogen and oxygen atoms in total. The van der Waals surface area contributed by atoms with Crippen LogP contribution in [-0.2, 0) is 13.5 Å². The van der Waals surface area contributed by atoms with Crippen molar-refractivity contribution >= 4 is 11.6 Å². The van der Waals surface area contributed by atoms with E-state index in [-0.39, 0.29) is 11.9 Å². The van der Waals surface area contributed by atoms with Gasteiger partial charge in [-0.15, -0.1) is 0 Å². The second-order valence-electron chi connectivity index (χ2n) is 4.84. The summed E-state index contributed by atoms with van der Waals surface area (Å²) in [5.41, 5.74) is 0.921. The summed E-state index contributed by atoms with van der Waals surface area (Å²) in [4.78, 5) is 4.40. The maximum Gasteiger partial charge on any atom is 0.125 e. The van der Waals surface area contributed by atoms with E-state index in [0.717, 1.165) is 24.4 Å². The lowest BCUT2D eigenvalue weighted by Crippen LogP contribution is -2.26. The average molecular weight is 296 g/mol. The van der Waals surface area contributed by atoms with E-state index < -0.39 is 0 Å². The Hall–Kier alpha value is -1.39. The molecule has 0 spiro atoms. The van der Waals surface area contributed by atoms with Crippen LogP contribution in [0.1, 0.15) is 30.8 Å². The van der Waals surface area contributed by atoms with Crippen molar-refractivity contribution in [3.63, 3.8) is 0 Å². The second-order valence-corrected chi connectivity index (χ2v) is 5.25. The second kappa shape index (κ2) is 6.86. The molecule has 20 heavy (non-hydrogen) atoms. The van der Waals surface area contributed by atoms with Gasteiger partial charge in [0, 0.05) is 24.5 Å². The molecule has 2 rings (SSSR count). The standard InChI is InChI=1S/C15H19ClFN3/c1-3-6-18-14(15-19-7-8-20(15)2)9-11-4-5-12(17)10-13(11)16/h4-5,7-8,10,14,18H,3,6,9H2,1-2H3. The Morgan fingerprint density at radius 3 is 2.85 bits per heavy atom. The summed E-state index contributed by atoms with van der Waals surface area (Å²) in [6, 6.07) is 4.60. The highest BCUT2D eigenvalue weighted by Crippen LogP contribution is 2.23. The van der Waals surface area contributed by atoms with Crippen molar-refractivity contribution in [2.24, 2.45) is 7.05 Å². The van der Waals surface area contributed by atoms with E-state index in [0.29, 0.717) is 11.4 Å². The Labute approximate surface area is 123 Å². The number of nitrogens with one attached hydrogen (secondary N) is 1. The Balaban J connectivity index is 2.21. The number of hydrogen-bond donors (Lipinski definition) is 1. The van der Waals surface area contributed by atoms with Crippen LogP contribution < -0.4 is 5.32 Å². The molecule has 0 amide bonds. The zero-order valence-electron chi connectivity index (χ0n) is 11.7. The molecule has 0 radical (unpaired) electrons. The van der Waals surface area contributed by atoms with Crippen LogP contribution in [0.15, 0.2) is 30.6 Å². The average Bonchev–Trinajstić information content (AvgIpc) is 2.83. The third kappa shape index (κ3) is 3.58. The molecule has 0 aliphatic heterocycles. The maximum atomic E-state index is 13.1. The molecule has 1 heterocycles. The van der Waals surface area contributed by atoms with Gasteiger partial charge in [-0.25, -0.2) is 9.37 Å². The molecule has 1 aromatic heterocycles. The summed E-state index contributed by atoms with van der Waals surface area (Å²) < 4.78 is 15.1. The molecule has 0 saturated carbocycles. The first-order valence-electron chi connectivity index (χ1n) is 6.76. The lowest BCUT2D eigenvalue weighted by molar-refractivity contribution is 0.491. The lowest BCUT2D eigenvalue weighted by Gasteiger charge is -2.19. The van der Waals surface area contributed by atoms with Crippen LogP contribution in [0.25, 0.3) is 0 Å². The highest BCUT2D eigenvalue weighted by molar-refractivity contribution is 6.31. The molecule has 108 valence electrons. The first-order chi connectivity index (χ1) is 9.61. The molecule has 1 aromatic carbocycles. The predicted octanol–water partition coefficient (Wildman–Crippen LogP) is 3.50. The Morgan fingerprint density at radius 1 is 1.45 bits per heavy atom. The number of benzene rings is 1. The van der Waals surface area contributed by atoms with E-state index >= 15 is 0 Å². The molecule has 2 aromatic rings. The quantitative estimate of drug-likeness (QED) is 0.884. The van der Waals surface area contributed by atoms with Crippen LogP contribution in [0.4, 0.5) is 4.39 Å². The van der Waals surface area contributed by atoms with Crippen LogP contribution in [0.2, 0.25) is 5.02 Å². The third-order valence-corrected chi connectivity index (χ3v) is 3.60. The SMILES string of the molecule is CCCNC(Cc1ccc(F)cc1Cl)c1nccn1C. The van der Waals surface area contributed by atoms with Crippen LogP contribution in [0, 0.1) is 5.82 Å². The summed E-state index contributed by atoms with van der Waals surface area (Å²) in [5.74, 6) is 0.646. The molecule has 0 aliphatic rings. The van der Waals surface area contributed by atoms with Crippen LogP contribution in [0.5, 0.6) is 0 Å². The van der Waals surface area contributed by atoms with Crippen LogP contribution >= 0.6 is 11.6 Å². The van der Waals surface area contributed by atoms with Crippen molar-refractivity contribution in [3.05, 3.63) is 52.8 Å². The molecule has 0 fully saturated rings. The number of aromatic nitrogens is 2. The van der Waals surface area contributed by atoms with Gasteiger partial charge in [-0.2, -0.15) is 0 Å². The Bertz CT molecular complexity index is 568. The van der Waals surface area contributed by atoms with E-state index in [1.807, 2.05) is 17.8 Å². The van der Waals surface area contributed by atoms with Gasteiger partial charge in [0.05, 0.1) is 6.04 Å². The first-order valence-corrected chi connectivity index (χ1v) is 7.14. The van der Waals surface area contributed by atoms with Crippen molar-refractivity contribution in [2.75, 3.05) is 6.54 Å². The van der Waals surface area contributed by atoms with Gasteiger partial charge in [0.2, 0.25) is 0 Å². The fourth-order valence-electron chi connectivity index (χ4n) is 2.19. The first kappa shape index (κ1) is 15.0. The zero-order valence-corrected chi connectivity index (χ0v) is 12.5. The number of halogens is 2. The smallest absolute Gasteiger partial charge is 0.125 e. The van der Waals surface area contributed by atoms with Gasteiger partial charge in [-0.05, 0) is 37.1 Å². The molecule has 0 bridgehead atoms. The highest BCUT2D eigenvalue weighted by atomic mass is 35.5. The number of nitrogens with zero attached hydrogens (tertiary/aromatic N) is 2. The molecular formula is C15H19ClFN3. The monoisotopic (exact) mass is 295 g/mol. The zero-order chi connectivity index (χ0) is 14.5. The van der Waals surface area contributed by atoms with Crippen molar-refractivity contribution in [2.45, 2.75) is 25.8 Å². The van der Waals surface area contributed by atoms with E-state index in [1.165, 1.54) is 12.1 Å². The molecule has 1 N–H and O–H groups in total. The van der Waals surface area contributed by atoms with Gasteiger partial charge in [0.1, 0.15) is 11.6 Å². The van der Waals surface area contributed by atoms with Gasteiger partial charge in [-0.1, -0.05) is 24.6 Å². The highest BCUT2D eigenvalue weighted by Gasteiger charge is 2.17. The van der Waals surface area contributed by atoms with Crippen LogP contribution in [0.3, 0.4) is 0 Å². The molecule has 0 aliphatic carbocycles. The van der Waals surface area contributed by atoms with Crippen molar-refractivity contribution < 1.29 is 4.39 Å². The van der Waals surface area contributed by atoms with E-state index in [4.69, 9.17) is 11.6 Å². The third-order valence-electron chi connectivity index (χ3n) is 3.25. The lowest BCUT2D eigenvalue weighted by atomic mass is 10.0. The molecule has 0 saturated heterocycles. The molecular weight excluding hydrogens is 277 g/mol. The van der Waals surface area contributed by atoms with Gasteiger partial charge in [-0.3, -0.25) is 0 Å². The van der Waals surface area contributed by atoms with E-state index in [2.05, 4.69) is 17.2 Å². The van der Waals surface area contributed by atoms with Gasteiger partial charge in [0.25, 0.3) is 0 Å². The van der Waals surface area contributed by atoms with Crippen molar-refractivity contribution in [3.8, 4) is 0 Å². The minimum absolute atomic E-state index is 0.0675. The summed E-state index contributed by atoms with van der Waals surface area (Å²) in [6.45, 7) is 3.02. The van der Waals surface area contributed by atoms with Gasteiger partial charge >= 0.3 is 0 Å². The van der Waals surface area contributed by atoms with Crippen LogP contribution in [-0.4, -0.2) is 16.1 Å². The summed E-state index contributed by atoms with van der Waals surface area (Å²) in [7, 11) is 1.97. The fourth-order valence-corrected chi connectivity index (χ4v) is 2.44. The number of imidazole rings is 1. The summed E-state index contributed by atoms with van der Waals surface area (Å²) in [5, 5.41) is 3.93. The molecule has 5 heteroatoms. The van der Waals surface area contributed by atoms with E-state index in [1.54, 1.807) is 12.3 Å².